The van der Waals surface area contributed by atoms with E-state index in [4.69, 9.17) is 0 Å². The fourth-order valence-electron chi connectivity index (χ4n) is 2.35. The third-order valence-corrected chi connectivity index (χ3v) is 3.28. The smallest absolute Gasteiger partial charge is 0.270 e. The largest absolute Gasteiger partial charge is 0.356 e. The van der Waals surface area contributed by atoms with Crippen LogP contribution in [0.25, 0.3) is 5.65 Å². The first kappa shape index (κ1) is 12.6. The van der Waals surface area contributed by atoms with Crippen LogP contribution in [0.3, 0.4) is 0 Å². The third kappa shape index (κ3) is 2.34. The number of hydrogen-bond acceptors (Lipinski definition) is 4. The van der Waals surface area contributed by atoms with E-state index in [1.165, 1.54) is 4.52 Å². The van der Waals surface area contributed by atoms with E-state index in [0.29, 0.717) is 30.1 Å². The van der Waals surface area contributed by atoms with Crippen molar-refractivity contribution in [2.45, 2.75) is 25.8 Å². The van der Waals surface area contributed by atoms with E-state index in [0.717, 1.165) is 6.42 Å². The van der Waals surface area contributed by atoms with Gasteiger partial charge in [-0.25, -0.2) is 9.50 Å². The fourth-order valence-corrected chi connectivity index (χ4v) is 2.35. The highest BCUT2D eigenvalue weighted by Gasteiger charge is 2.22. The monoisotopic (exact) mass is 273 g/mol. The highest BCUT2D eigenvalue weighted by Crippen LogP contribution is 2.08. The zero-order valence-electron chi connectivity index (χ0n) is 11.1. The summed E-state index contributed by atoms with van der Waals surface area (Å²) in [5.41, 5.74) is 1.06. The molecule has 2 amide bonds. The van der Waals surface area contributed by atoms with E-state index in [1.54, 1.807) is 25.1 Å². The second kappa shape index (κ2) is 4.92. The van der Waals surface area contributed by atoms with Crippen LogP contribution in [0.5, 0.6) is 0 Å². The number of amides is 2. The first-order valence-electron chi connectivity index (χ1n) is 6.53. The number of nitrogens with one attached hydrogen (secondary N) is 2. The number of fused-ring (bicyclic) bond motifs is 1. The Balaban J connectivity index is 1.83. The molecule has 0 aliphatic carbocycles. The summed E-state index contributed by atoms with van der Waals surface area (Å²) in [6.07, 6.45) is 1.06. The Morgan fingerprint density at radius 1 is 1.50 bits per heavy atom. The summed E-state index contributed by atoms with van der Waals surface area (Å²) in [5, 5.41) is 9.83. The molecule has 7 nitrogen and oxygen atoms in total. The summed E-state index contributed by atoms with van der Waals surface area (Å²) in [6, 6.07) is 5.13. The molecule has 0 saturated carbocycles. The first-order chi connectivity index (χ1) is 9.63. The number of carbonyl (C=O) groups excluding carboxylic acids is 2. The van der Waals surface area contributed by atoms with Crippen molar-refractivity contribution in [3.63, 3.8) is 0 Å². The Morgan fingerprint density at radius 3 is 3.15 bits per heavy atom. The maximum absolute atomic E-state index is 12.3. The molecule has 1 atom stereocenters. The van der Waals surface area contributed by atoms with Crippen molar-refractivity contribution >= 4 is 17.5 Å². The molecule has 1 unspecified atom stereocenters. The number of rotatable bonds is 2. The van der Waals surface area contributed by atoms with Crippen LogP contribution in [0.1, 0.15) is 29.2 Å². The van der Waals surface area contributed by atoms with Gasteiger partial charge in [-0.05, 0) is 25.5 Å². The molecule has 3 rings (SSSR count). The Kier molecular flexibility index (Phi) is 3.09. The molecule has 7 heteroatoms. The van der Waals surface area contributed by atoms with Gasteiger partial charge in [0.15, 0.2) is 5.65 Å². The predicted octanol–water partition coefficient (Wildman–Crippen LogP) is 0.0461. The number of hydrogen-bond donors (Lipinski definition) is 2. The fraction of sp³-hybridized carbons (Fsp3) is 0.385. The summed E-state index contributed by atoms with van der Waals surface area (Å²) in [4.78, 5) is 27.9. The van der Waals surface area contributed by atoms with Gasteiger partial charge in [0, 0.05) is 19.0 Å². The lowest BCUT2D eigenvalue weighted by molar-refractivity contribution is -0.122. The van der Waals surface area contributed by atoms with Crippen molar-refractivity contribution in [1.82, 2.24) is 25.2 Å². The van der Waals surface area contributed by atoms with Gasteiger partial charge in [-0.1, -0.05) is 6.07 Å². The van der Waals surface area contributed by atoms with Gasteiger partial charge in [0.2, 0.25) is 5.91 Å². The summed E-state index contributed by atoms with van der Waals surface area (Å²) < 4.78 is 1.52. The molecule has 0 bridgehead atoms. The molecule has 2 aromatic heterocycles. The van der Waals surface area contributed by atoms with Gasteiger partial charge in [0.05, 0.1) is 0 Å². The van der Waals surface area contributed by atoms with Crippen molar-refractivity contribution in [2.75, 3.05) is 6.54 Å². The van der Waals surface area contributed by atoms with E-state index in [1.807, 2.05) is 0 Å². The summed E-state index contributed by atoms with van der Waals surface area (Å²) in [6.45, 7) is 2.37. The molecule has 0 radical (unpaired) electrons. The number of pyridine rings is 1. The van der Waals surface area contributed by atoms with Gasteiger partial charge in [-0.2, -0.15) is 5.10 Å². The lowest BCUT2D eigenvalue weighted by Gasteiger charge is -2.23. The molecule has 2 aromatic rings. The zero-order valence-corrected chi connectivity index (χ0v) is 11.1. The molecule has 0 aromatic carbocycles. The second-order valence-electron chi connectivity index (χ2n) is 4.85. The van der Waals surface area contributed by atoms with Gasteiger partial charge in [0.1, 0.15) is 11.5 Å². The minimum atomic E-state index is -0.236. The molecule has 1 saturated heterocycles. The molecule has 20 heavy (non-hydrogen) atoms. The van der Waals surface area contributed by atoms with Crippen molar-refractivity contribution in [3.8, 4) is 0 Å². The predicted molar refractivity (Wildman–Crippen MR) is 71.2 cm³/mol. The maximum atomic E-state index is 12.3. The minimum Gasteiger partial charge on any atom is -0.356 e. The third-order valence-electron chi connectivity index (χ3n) is 3.28. The van der Waals surface area contributed by atoms with E-state index < -0.39 is 0 Å². The molecule has 1 aliphatic rings. The van der Waals surface area contributed by atoms with E-state index in [-0.39, 0.29) is 17.9 Å². The van der Waals surface area contributed by atoms with Gasteiger partial charge < -0.3 is 10.6 Å². The van der Waals surface area contributed by atoms with Crippen LogP contribution >= 0.6 is 0 Å². The van der Waals surface area contributed by atoms with Crippen molar-refractivity contribution in [3.05, 3.63) is 29.7 Å². The molecule has 104 valence electrons. The molecule has 3 heterocycles. The summed E-state index contributed by atoms with van der Waals surface area (Å²) in [7, 11) is 0. The quantitative estimate of drug-likeness (QED) is 0.809. The lowest BCUT2D eigenvalue weighted by atomic mass is 10.1. The van der Waals surface area contributed by atoms with Crippen LogP contribution in [-0.2, 0) is 4.79 Å². The standard InChI is InChI=1S/C13H15N5O2/c1-8-15-11-4-2-3-10(18(11)17-8)13(20)16-9-5-6-14-12(19)7-9/h2-4,9H,5-7H2,1H3,(H,14,19)(H,16,20). The normalized spacial score (nSPS) is 18.9. The molecule has 1 aliphatic heterocycles. The molecule has 1 fully saturated rings. The summed E-state index contributed by atoms with van der Waals surface area (Å²) in [5.74, 6) is 0.346. The lowest BCUT2D eigenvalue weighted by Crippen LogP contribution is -2.45. The van der Waals surface area contributed by atoms with E-state index in [2.05, 4.69) is 20.7 Å². The van der Waals surface area contributed by atoms with Crippen LogP contribution in [0.2, 0.25) is 0 Å². The van der Waals surface area contributed by atoms with Gasteiger partial charge in [0.25, 0.3) is 5.91 Å². The molecule has 0 spiro atoms. The highest BCUT2D eigenvalue weighted by molar-refractivity contribution is 5.93. The average Bonchev–Trinajstić information content (AvgIpc) is 2.78. The minimum absolute atomic E-state index is 0.0311. The summed E-state index contributed by atoms with van der Waals surface area (Å²) >= 11 is 0. The zero-order chi connectivity index (χ0) is 14.1. The Morgan fingerprint density at radius 2 is 2.35 bits per heavy atom. The highest BCUT2D eigenvalue weighted by atomic mass is 16.2. The van der Waals surface area contributed by atoms with Crippen LogP contribution in [0, 0.1) is 6.92 Å². The molecule has 2 N–H and O–H groups in total. The average molecular weight is 273 g/mol. The number of carbonyl (C=O) groups is 2. The Hall–Kier alpha value is -2.44. The number of piperidine rings is 1. The Bertz CT molecular complexity index is 678. The van der Waals surface area contributed by atoms with Gasteiger partial charge in [-0.15, -0.1) is 0 Å². The number of aryl methyl sites for hydroxylation is 1. The van der Waals surface area contributed by atoms with Gasteiger partial charge >= 0.3 is 0 Å². The van der Waals surface area contributed by atoms with Crippen molar-refractivity contribution in [2.24, 2.45) is 0 Å². The topological polar surface area (TPSA) is 88.4 Å². The van der Waals surface area contributed by atoms with Crippen LogP contribution in [0.15, 0.2) is 18.2 Å². The first-order valence-corrected chi connectivity index (χ1v) is 6.53. The maximum Gasteiger partial charge on any atom is 0.270 e. The van der Waals surface area contributed by atoms with E-state index in [9.17, 15) is 9.59 Å². The second-order valence-corrected chi connectivity index (χ2v) is 4.85. The van der Waals surface area contributed by atoms with E-state index >= 15 is 0 Å². The molecular formula is C13H15N5O2. The Labute approximate surface area is 115 Å². The van der Waals surface area contributed by atoms with Crippen molar-refractivity contribution < 1.29 is 9.59 Å². The molecular weight excluding hydrogens is 258 g/mol. The number of nitrogens with zero attached hydrogens (tertiary/aromatic N) is 3. The van der Waals surface area contributed by atoms with Crippen LogP contribution < -0.4 is 10.6 Å². The number of aromatic nitrogens is 3. The van der Waals surface area contributed by atoms with Crippen LogP contribution in [-0.4, -0.2) is 39.0 Å². The van der Waals surface area contributed by atoms with Crippen LogP contribution in [0.4, 0.5) is 0 Å². The van der Waals surface area contributed by atoms with Crippen molar-refractivity contribution in [1.29, 1.82) is 0 Å². The SMILES string of the molecule is Cc1nc2cccc(C(=O)NC3CCNC(=O)C3)n2n1. The van der Waals surface area contributed by atoms with Gasteiger partial charge in [-0.3, -0.25) is 9.59 Å².